The minimum Gasteiger partial charge on any atom is -0.496 e. The highest BCUT2D eigenvalue weighted by molar-refractivity contribution is 8.00. The SMILES string of the molecule is COc1ccccc1SCC(=O)Nc1ccccc1-n1ccnc1. The Morgan fingerprint density at radius 1 is 1.21 bits per heavy atom. The third kappa shape index (κ3) is 3.78. The van der Waals surface area contributed by atoms with Gasteiger partial charge in [-0.3, -0.25) is 4.79 Å². The Kier molecular flexibility index (Phi) is 5.18. The Bertz CT molecular complexity index is 819. The van der Waals surface area contributed by atoms with Gasteiger partial charge >= 0.3 is 0 Å². The van der Waals surface area contributed by atoms with E-state index in [2.05, 4.69) is 10.3 Å². The van der Waals surface area contributed by atoms with Gasteiger partial charge in [-0.15, -0.1) is 11.8 Å². The van der Waals surface area contributed by atoms with Gasteiger partial charge < -0.3 is 14.6 Å². The summed E-state index contributed by atoms with van der Waals surface area (Å²) in [7, 11) is 1.63. The topological polar surface area (TPSA) is 56.1 Å². The van der Waals surface area contributed by atoms with Gasteiger partial charge in [-0.2, -0.15) is 0 Å². The lowest BCUT2D eigenvalue weighted by Crippen LogP contribution is -2.15. The van der Waals surface area contributed by atoms with E-state index < -0.39 is 0 Å². The molecule has 0 aliphatic heterocycles. The van der Waals surface area contributed by atoms with Gasteiger partial charge in [0.25, 0.3) is 0 Å². The number of rotatable bonds is 6. The van der Waals surface area contributed by atoms with Crippen LogP contribution in [-0.2, 0) is 4.79 Å². The fourth-order valence-electron chi connectivity index (χ4n) is 2.27. The van der Waals surface area contributed by atoms with E-state index in [0.29, 0.717) is 5.75 Å². The summed E-state index contributed by atoms with van der Waals surface area (Å²) < 4.78 is 7.17. The van der Waals surface area contributed by atoms with E-state index in [0.717, 1.165) is 22.0 Å². The first kappa shape index (κ1) is 16.1. The van der Waals surface area contributed by atoms with E-state index in [1.165, 1.54) is 11.8 Å². The van der Waals surface area contributed by atoms with E-state index in [1.807, 2.05) is 59.3 Å². The van der Waals surface area contributed by atoms with Crippen LogP contribution in [0.5, 0.6) is 5.75 Å². The third-order valence-electron chi connectivity index (χ3n) is 3.39. The summed E-state index contributed by atoms with van der Waals surface area (Å²) >= 11 is 1.45. The number of nitrogens with zero attached hydrogens (tertiary/aromatic N) is 2. The van der Waals surface area contributed by atoms with E-state index in [-0.39, 0.29) is 5.91 Å². The number of thioether (sulfide) groups is 1. The van der Waals surface area contributed by atoms with Crippen LogP contribution in [0.15, 0.2) is 72.1 Å². The fourth-order valence-corrected chi connectivity index (χ4v) is 3.10. The predicted octanol–water partition coefficient (Wildman–Crippen LogP) is 3.61. The normalized spacial score (nSPS) is 10.4. The molecule has 2 aromatic carbocycles. The number of ether oxygens (including phenoxy) is 1. The molecule has 0 radical (unpaired) electrons. The molecule has 1 amide bonds. The van der Waals surface area contributed by atoms with Gasteiger partial charge in [0.1, 0.15) is 5.75 Å². The Balaban J connectivity index is 1.68. The number of hydrogen-bond acceptors (Lipinski definition) is 4. The summed E-state index contributed by atoms with van der Waals surface area (Å²) in [4.78, 5) is 17.3. The zero-order valence-electron chi connectivity index (χ0n) is 13.2. The standard InChI is InChI=1S/C18H17N3O2S/c1-23-16-8-4-5-9-17(16)24-12-18(22)20-14-6-2-3-7-15(14)21-11-10-19-13-21/h2-11,13H,12H2,1H3,(H,20,22). The summed E-state index contributed by atoms with van der Waals surface area (Å²) in [6, 6.07) is 15.3. The zero-order valence-corrected chi connectivity index (χ0v) is 14.0. The van der Waals surface area contributed by atoms with Crippen molar-refractivity contribution in [3.05, 3.63) is 67.3 Å². The molecular weight excluding hydrogens is 322 g/mol. The van der Waals surface area contributed by atoms with E-state index in [1.54, 1.807) is 19.6 Å². The first-order valence-electron chi connectivity index (χ1n) is 7.41. The average Bonchev–Trinajstić information content (AvgIpc) is 3.15. The Hall–Kier alpha value is -2.73. The van der Waals surface area contributed by atoms with Gasteiger partial charge in [-0.05, 0) is 24.3 Å². The number of para-hydroxylation sites is 3. The monoisotopic (exact) mass is 339 g/mol. The first-order valence-corrected chi connectivity index (χ1v) is 8.39. The molecule has 0 aliphatic carbocycles. The summed E-state index contributed by atoms with van der Waals surface area (Å²) in [5.74, 6) is 1.01. The molecule has 3 aromatic rings. The number of benzene rings is 2. The van der Waals surface area contributed by atoms with Gasteiger partial charge in [0.2, 0.25) is 5.91 Å². The van der Waals surface area contributed by atoms with Crippen molar-refractivity contribution in [2.24, 2.45) is 0 Å². The Labute approximate surface area is 144 Å². The zero-order chi connectivity index (χ0) is 16.8. The molecule has 1 aromatic heterocycles. The fraction of sp³-hybridized carbons (Fsp3) is 0.111. The van der Waals surface area contributed by atoms with Crippen LogP contribution in [0.2, 0.25) is 0 Å². The first-order chi connectivity index (χ1) is 11.8. The molecule has 5 nitrogen and oxygen atoms in total. The maximum Gasteiger partial charge on any atom is 0.234 e. The van der Waals surface area contributed by atoms with Gasteiger partial charge in [0.15, 0.2) is 0 Å². The second kappa shape index (κ2) is 7.70. The molecule has 0 bridgehead atoms. The second-order valence-corrected chi connectivity index (χ2v) is 5.99. The number of nitrogens with one attached hydrogen (secondary N) is 1. The van der Waals surface area contributed by atoms with Crippen molar-refractivity contribution in [1.82, 2.24) is 9.55 Å². The van der Waals surface area contributed by atoms with Crippen molar-refractivity contribution in [3.8, 4) is 11.4 Å². The van der Waals surface area contributed by atoms with Crippen LogP contribution in [0, 0.1) is 0 Å². The molecule has 122 valence electrons. The lowest BCUT2D eigenvalue weighted by molar-refractivity contribution is -0.113. The molecule has 1 heterocycles. The molecule has 0 spiro atoms. The van der Waals surface area contributed by atoms with Crippen LogP contribution in [0.25, 0.3) is 5.69 Å². The predicted molar refractivity (Wildman–Crippen MR) is 95.9 cm³/mol. The highest BCUT2D eigenvalue weighted by Gasteiger charge is 2.10. The maximum absolute atomic E-state index is 12.3. The van der Waals surface area contributed by atoms with E-state index in [4.69, 9.17) is 4.74 Å². The number of amides is 1. The third-order valence-corrected chi connectivity index (χ3v) is 4.44. The maximum atomic E-state index is 12.3. The summed E-state index contributed by atoms with van der Waals surface area (Å²) in [6.07, 6.45) is 5.25. The van der Waals surface area contributed by atoms with Crippen molar-refractivity contribution in [1.29, 1.82) is 0 Å². The van der Waals surface area contributed by atoms with Crippen molar-refractivity contribution in [3.63, 3.8) is 0 Å². The minimum absolute atomic E-state index is 0.0709. The smallest absolute Gasteiger partial charge is 0.234 e. The van der Waals surface area contributed by atoms with Crippen LogP contribution in [0.4, 0.5) is 5.69 Å². The van der Waals surface area contributed by atoms with Crippen LogP contribution in [-0.4, -0.2) is 28.3 Å². The van der Waals surface area contributed by atoms with Crippen molar-refractivity contribution in [2.45, 2.75) is 4.90 Å². The van der Waals surface area contributed by atoms with Crippen LogP contribution < -0.4 is 10.1 Å². The molecule has 0 unspecified atom stereocenters. The van der Waals surface area contributed by atoms with Crippen LogP contribution in [0.3, 0.4) is 0 Å². The highest BCUT2D eigenvalue weighted by atomic mass is 32.2. The van der Waals surface area contributed by atoms with Crippen molar-refractivity contribution >= 4 is 23.4 Å². The summed E-state index contributed by atoms with van der Waals surface area (Å²) in [5, 5.41) is 2.96. The van der Waals surface area contributed by atoms with Crippen LogP contribution >= 0.6 is 11.8 Å². The average molecular weight is 339 g/mol. The number of hydrogen-bond donors (Lipinski definition) is 1. The number of imidazole rings is 1. The lowest BCUT2D eigenvalue weighted by Gasteiger charge is -2.12. The van der Waals surface area contributed by atoms with Crippen LogP contribution in [0.1, 0.15) is 0 Å². The quantitative estimate of drug-likeness (QED) is 0.697. The molecule has 1 N–H and O–H groups in total. The molecular formula is C18H17N3O2S. The van der Waals surface area contributed by atoms with Crippen molar-refractivity contribution in [2.75, 3.05) is 18.2 Å². The number of aromatic nitrogens is 2. The minimum atomic E-state index is -0.0709. The molecule has 0 saturated carbocycles. The molecule has 0 fully saturated rings. The molecule has 0 saturated heterocycles. The molecule has 6 heteroatoms. The van der Waals surface area contributed by atoms with Crippen molar-refractivity contribution < 1.29 is 9.53 Å². The van der Waals surface area contributed by atoms with Gasteiger partial charge in [-0.25, -0.2) is 4.98 Å². The Morgan fingerprint density at radius 3 is 2.79 bits per heavy atom. The second-order valence-electron chi connectivity index (χ2n) is 4.97. The molecule has 0 atom stereocenters. The summed E-state index contributed by atoms with van der Waals surface area (Å²) in [6.45, 7) is 0. The molecule has 0 aliphatic rings. The molecule has 24 heavy (non-hydrogen) atoms. The number of carbonyl (C=O) groups is 1. The lowest BCUT2D eigenvalue weighted by atomic mass is 10.2. The van der Waals surface area contributed by atoms with Gasteiger partial charge in [-0.1, -0.05) is 24.3 Å². The van der Waals surface area contributed by atoms with Gasteiger partial charge in [0.05, 0.1) is 30.6 Å². The summed E-state index contributed by atoms with van der Waals surface area (Å²) in [5.41, 5.74) is 1.63. The number of anilines is 1. The Morgan fingerprint density at radius 2 is 2.00 bits per heavy atom. The molecule has 3 rings (SSSR count). The largest absolute Gasteiger partial charge is 0.496 e. The number of methoxy groups -OCH3 is 1. The van der Waals surface area contributed by atoms with E-state index in [9.17, 15) is 4.79 Å². The van der Waals surface area contributed by atoms with Gasteiger partial charge in [0, 0.05) is 17.3 Å². The highest BCUT2D eigenvalue weighted by Crippen LogP contribution is 2.29. The number of carbonyl (C=O) groups excluding carboxylic acids is 1. The van der Waals surface area contributed by atoms with E-state index >= 15 is 0 Å².